The van der Waals surface area contributed by atoms with Crippen molar-refractivity contribution in [1.82, 2.24) is 20.1 Å². The molecule has 42 heavy (non-hydrogen) atoms. The predicted octanol–water partition coefficient (Wildman–Crippen LogP) is 3.43. The van der Waals surface area contributed by atoms with Crippen LogP contribution in [0, 0.1) is 11.8 Å². The number of likely N-dealkylation sites (N-methyl/N-ethyl adjacent to an activating group) is 1. The number of Topliss-reactive ketones (excluding diaryl/α,β-unsaturated/α-hetero) is 1. The van der Waals surface area contributed by atoms with Gasteiger partial charge in [-0.2, -0.15) is 8.78 Å². The van der Waals surface area contributed by atoms with E-state index in [1.165, 1.54) is 0 Å². The van der Waals surface area contributed by atoms with Crippen LogP contribution in [-0.4, -0.2) is 96.9 Å². The molecular weight excluding hydrogens is 564 g/mol. The van der Waals surface area contributed by atoms with Crippen molar-refractivity contribution in [2.45, 2.75) is 43.5 Å². The van der Waals surface area contributed by atoms with Crippen LogP contribution >= 0.6 is 11.3 Å². The number of halogens is 2. The second-order valence-corrected chi connectivity index (χ2v) is 12.6. The van der Waals surface area contributed by atoms with E-state index in [9.17, 15) is 23.2 Å². The molecule has 1 saturated carbocycles. The highest BCUT2D eigenvalue weighted by Crippen LogP contribution is 2.43. The first-order chi connectivity index (χ1) is 20.3. The molecular formula is C30H35F2N5O4S. The fourth-order valence-electron chi connectivity index (χ4n) is 6.94. The molecule has 1 aromatic heterocycles. The average molecular weight is 600 g/mol. The van der Waals surface area contributed by atoms with Gasteiger partial charge in [-0.3, -0.25) is 19.3 Å². The van der Waals surface area contributed by atoms with Crippen molar-refractivity contribution in [3.8, 4) is 11.3 Å². The molecule has 4 fully saturated rings. The molecule has 4 atom stereocenters. The molecule has 1 amide bonds. The lowest BCUT2D eigenvalue weighted by Crippen LogP contribution is -2.68. The van der Waals surface area contributed by atoms with E-state index in [1.54, 1.807) is 28.4 Å². The zero-order valence-electron chi connectivity index (χ0n) is 23.5. The van der Waals surface area contributed by atoms with Gasteiger partial charge in [0.2, 0.25) is 0 Å². The standard InChI is InChI=1S/C30H35F2N5O4S/c1-35-10-12-36(13-11-35)29-33-23(17-42-29)19-6-8-20(9-7-19)28(40)34-30(18-38,22-4-2-3-5-22)37-15-21(14-25(31)32)27-26(37)24(39)16-41-27/h6-9,14,17-18,21-22,26-27H,2-5,10-13,15-16H2,1H3,(H,34,40). The molecule has 2 aromatic rings. The fourth-order valence-corrected chi connectivity index (χ4v) is 7.82. The number of carbonyl (C=O) groups is 3. The van der Waals surface area contributed by atoms with Gasteiger partial charge in [-0.05, 0) is 38.1 Å². The van der Waals surface area contributed by atoms with Gasteiger partial charge in [-0.25, -0.2) is 4.98 Å². The molecule has 9 nitrogen and oxygen atoms in total. The number of nitrogens with zero attached hydrogens (tertiary/aromatic N) is 4. The van der Waals surface area contributed by atoms with E-state index < -0.39 is 35.7 Å². The van der Waals surface area contributed by atoms with E-state index in [-0.39, 0.29) is 24.9 Å². The highest BCUT2D eigenvalue weighted by atomic mass is 32.1. The molecule has 1 N–H and O–H groups in total. The normalized spacial score (nSPS) is 26.7. The van der Waals surface area contributed by atoms with Crippen molar-refractivity contribution in [1.29, 1.82) is 0 Å². The molecule has 0 radical (unpaired) electrons. The lowest BCUT2D eigenvalue weighted by atomic mass is 9.88. The molecule has 4 heterocycles. The maximum Gasteiger partial charge on any atom is 0.266 e. The van der Waals surface area contributed by atoms with E-state index in [4.69, 9.17) is 9.72 Å². The maximum atomic E-state index is 13.7. The van der Waals surface area contributed by atoms with E-state index in [1.807, 2.05) is 17.5 Å². The molecule has 0 bridgehead atoms. The lowest BCUT2D eigenvalue weighted by Gasteiger charge is -2.44. The quantitative estimate of drug-likeness (QED) is 0.462. The van der Waals surface area contributed by atoms with E-state index >= 15 is 0 Å². The Kier molecular flexibility index (Phi) is 8.23. The molecule has 3 aliphatic heterocycles. The molecule has 3 saturated heterocycles. The third kappa shape index (κ3) is 5.41. The first-order valence-electron chi connectivity index (χ1n) is 14.5. The Bertz CT molecular complexity index is 1350. The molecule has 4 unspecified atom stereocenters. The zero-order chi connectivity index (χ0) is 29.4. The number of ketones is 1. The second-order valence-electron chi connectivity index (χ2n) is 11.7. The first kappa shape index (κ1) is 29.0. The number of hydrogen-bond acceptors (Lipinski definition) is 9. The minimum Gasteiger partial charge on any atom is -0.368 e. The minimum atomic E-state index is -1.86. The summed E-state index contributed by atoms with van der Waals surface area (Å²) in [4.78, 5) is 50.6. The number of aromatic nitrogens is 1. The number of likely N-dealkylation sites (tertiary alicyclic amines) is 1. The van der Waals surface area contributed by atoms with Crippen molar-refractivity contribution in [3.63, 3.8) is 0 Å². The summed E-state index contributed by atoms with van der Waals surface area (Å²) in [5, 5.41) is 5.96. The summed E-state index contributed by atoms with van der Waals surface area (Å²) >= 11 is 1.60. The number of nitrogens with one attached hydrogen (secondary N) is 1. The number of benzene rings is 1. The van der Waals surface area contributed by atoms with Crippen molar-refractivity contribution in [2.75, 3.05) is 51.3 Å². The lowest BCUT2D eigenvalue weighted by molar-refractivity contribution is -0.131. The van der Waals surface area contributed by atoms with Crippen LogP contribution in [0.15, 0.2) is 41.8 Å². The van der Waals surface area contributed by atoms with Gasteiger partial charge in [0.15, 0.2) is 22.9 Å². The molecule has 4 aliphatic rings. The zero-order valence-corrected chi connectivity index (χ0v) is 24.3. The summed E-state index contributed by atoms with van der Waals surface area (Å²) in [5.41, 5.74) is 0.546. The number of ether oxygens (including phenoxy) is 1. The minimum absolute atomic E-state index is 0.00628. The number of hydrogen-bond donors (Lipinski definition) is 1. The Hall–Kier alpha value is -3.06. The Morgan fingerprint density at radius 2 is 1.86 bits per heavy atom. The highest BCUT2D eigenvalue weighted by molar-refractivity contribution is 7.14. The van der Waals surface area contributed by atoms with Crippen LogP contribution in [0.4, 0.5) is 13.9 Å². The Balaban J connectivity index is 1.23. The fraction of sp³-hybridized carbons (Fsp3) is 0.533. The van der Waals surface area contributed by atoms with Crippen LogP contribution in [0.25, 0.3) is 11.3 Å². The third-order valence-corrected chi connectivity index (χ3v) is 10.1. The molecule has 6 rings (SSSR count). The average Bonchev–Trinajstić information content (AvgIpc) is 3.80. The second kappa shape index (κ2) is 11.9. The Morgan fingerprint density at radius 3 is 2.52 bits per heavy atom. The van der Waals surface area contributed by atoms with Crippen LogP contribution < -0.4 is 10.2 Å². The SMILES string of the molecule is CN1CCN(c2nc(-c3ccc(C(=O)NC(C=O)(C4CCCC4)N4CC(C=C(F)F)C5OCC(=O)C54)cc3)cs2)CC1. The van der Waals surface area contributed by atoms with Gasteiger partial charge >= 0.3 is 0 Å². The van der Waals surface area contributed by atoms with E-state index in [0.717, 1.165) is 61.5 Å². The van der Waals surface area contributed by atoms with E-state index in [2.05, 4.69) is 22.2 Å². The Labute approximate surface area is 247 Å². The largest absolute Gasteiger partial charge is 0.368 e. The first-order valence-corrected chi connectivity index (χ1v) is 15.4. The van der Waals surface area contributed by atoms with Crippen molar-refractivity contribution < 1.29 is 27.9 Å². The van der Waals surface area contributed by atoms with Gasteiger partial charge < -0.3 is 19.9 Å². The number of rotatable bonds is 8. The summed E-state index contributed by atoms with van der Waals surface area (Å²) in [6.07, 6.45) is 1.97. The van der Waals surface area contributed by atoms with Crippen LogP contribution in [0.5, 0.6) is 0 Å². The van der Waals surface area contributed by atoms with Crippen LogP contribution in [0.3, 0.4) is 0 Å². The van der Waals surface area contributed by atoms with Crippen LogP contribution in [0.2, 0.25) is 0 Å². The van der Waals surface area contributed by atoms with Gasteiger partial charge in [0, 0.05) is 61.1 Å². The summed E-state index contributed by atoms with van der Waals surface area (Å²) in [7, 11) is 2.11. The third-order valence-electron chi connectivity index (χ3n) is 9.22. The number of amides is 1. The van der Waals surface area contributed by atoms with Crippen molar-refractivity contribution >= 4 is 34.4 Å². The summed E-state index contributed by atoms with van der Waals surface area (Å²) in [6, 6.07) is 6.19. The van der Waals surface area contributed by atoms with Gasteiger partial charge in [0.25, 0.3) is 12.0 Å². The number of anilines is 1. The van der Waals surface area contributed by atoms with Gasteiger partial charge in [0.1, 0.15) is 12.6 Å². The summed E-state index contributed by atoms with van der Waals surface area (Å²) in [6.45, 7) is 3.65. The van der Waals surface area contributed by atoms with Gasteiger partial charge in [0.05, 0.1) is 11.8 Å². The Morgan fingerprint density at radius 1 is 1.14 bits per heavy atom. The monoisotopic (exact) mass is 599 g/mol. The number of carbonyl (C=O) groups excluding carboxylic acids is 3. The van der Waals surface area contributed by atoms with Crippen molar-refractivity contribution in [2.24, 2.45) is 11.8 Å². The molecule has 1 aromatic carbocycles. The number of piperazine rings is 1. The van der Waals surface area contributed by atoms with Crippen LogP contribution in [0.1, 0.15) is 36.0 Å². The molecule has 1 aliphatic carbocycles. The summed E-state index contributed by atoms with van der Waals surface area (Å²) < 4.78 is 32.2. The maximum absolute atomic E-state index is 13.7. The van der Waals surface area contributed by atoms with Gasteiger partial charge in [-0.1, -0.05) is 25.0 Å². The molecule has 12 heteroatoms. The topological polar surface area (TPSA) is 95.1 Å². The molecule has 0 spiro atoms. The number of fused-ring (bicyclic) bond motifs is 1. The number of aldehydes is 1. The highest BCUT2D eigenvalue weighted by Gasteiger charge is 2.59. The van der Waals surface area contributed by atoms with Gasteiger partial charge in [-0.15, -0.1) is 11.3 Å². The smallest absolute Gasteiger partial charge is 0.266 e. The summed E-state index contributed by atoms with van der Waals surface area (Å²) in [5.74, 6) is -1.75. The van der Waals surface area contributed by atoms with Crippen LogP contribution in [-0.2, 0) is 14.3 Å². The van der Waals surface area contributed by atoms with E-state index in [0.29, 0.717) is 24.7 Å². The molecule has 224 valence electrons. The van der Waals surface area contributed by atoms with Crippen molar-refractivity contribution in [3.05, 3.63) is 47.4 Å². The predicted molar refractivity (Wildman–Crippen MR) is 155 cm³/mol. The number of thiazole rings is 1.